The van der Waals surface area contributed by atoms with E-state index in [1.54, 1.807) is 4.57 Å². The van der Waals surface area contributed by atoms with Crippen LogP contribution >= 0.6 is 0 Å². The van der Waals surface area contributed by atoms with Crippen molar-refractivity contribution in [3.63, 3.8) is 0 Å². The second kappa shape index (κ2) is 23.4. The van der Waals surface area contributed by atoms with Crippen LogP contribution in [0.25, 0.3) is 94.3 Å². The topological polar surface area (TPSA) is 35.2 Å². The number of rotatable bonds is 8. The van der Waals surface area contributed by atoms with Gasteiger partial charge in [-0.15, -0.1) is 0 Å². The lowest BCUT2D eigenvalue weighted by Gasteiger charge is -2.47. The van der Waals surface area contributed by atoms with Gasteiger partial charge in [0.05, 0.1) is 72.1 Å². The van der Waals surface area contributed by atoms with Gasteiger partial charge in [-0.2, -0.15) is 5.26 Å². The monoisotopic (exact) mass is 1310 g/mol. The zero-order valence-corrected chi connectivity index (χ0v) is 59.5. The molecule has 0 saturated carbocycles. The Morgan fingerprint density at radius 1 is 0.386 bits per heavy atom. The van der Waals surface area contributed by atoms with Gasteiger partial charge in [-0.05, 0) is 189 Å². The standard InChI is InChI=1S/C97H84N4/c1-94(2,3)69-47-67(48-70(54-69)95(4,5)6)64-42-45-86-82(51-64)91-77-43-41-65(68-49-71(96(7,8)9)55-72(50-68)97(10,11)12)53-87(77)101(93-78(62-30-18-14-19-31-62)58-79-74-35-23-22-34-66(74)52-81(79)90(93)63-32-20-15-21-33-63)89-57-73(99-84-39-27-25-37-76(84)80-46-60(59-98)40-44-85(80)99)56-88(92(89)91)100(86)83-38-26-24-36-75(83)61-28-16-13-17-29-61/h13-51,53-58,91H,52H2,1-12H3/i25D,27D,37D,39D,40D,44D,46D. The fourth-order valence-corrected chi connectivity index (χ4v) is 15.9. The summed E-state index contributed by atoms with van der Waals surface area (Å²) in [5.74, 6) is -0.502. The van der Waals surface area contributed by atoms with E-state index in [9.17, 15) is 14.9 Å². The van der Waals surface area contributed by atoms with Crippen molar-refractivity contribution in [2.75, 3.05) is 9.80 Å². The molecule has 0 N–H and O–H groups in total. The Kier molecular flexibility index (Phi) is 12.9. The minimum absolute atomic E-state index is 0.0111. The average Bonchev–Trinajstić information content (AvgIpc) is 1.51. The third-order valence-electron chi connectivity index (χ3n) is 21.3. The predicted octanol–water partition coefficient (Wildman–Crippen LogP) is 26.5. The molecule has 1 aromatic heterocycles. The zero-order chi connectivity index (χ0) is 75.7. The second-order valence-electron chi connectivity index (χ2n) is 31.9. The average molecular weight is 1310 g/mol. The molecule has 3 heterocycles. The van der Waals surface area contributed by atoms with Gasteiger partial charge in [0.2, 0.25) is 0 Å². The van der Waals surface area contributed by atoms with Crippen LogP contribution in [0.2, 0.25) is 0 Å². The molecule has 2 aliphatic heterocycles. The quantitative estimate of drug-likeness (QED) is 0.152. The molecule has 4 nitrogen and oxygen atoms in total. The molecule has 0 radical (unpaired) electrons. The Hall–Kier alpha value is -11.3. The summed E-state index contributed by atoms with van der Waals surface area (Å²) >= 11 is 0. The van der Waals surface area contributed by atoms with Gasteiger partial charge in [0.25, 0.3) is 0 Å². The highest BCUT2D eigenvalue weighted by molar-refractivity contribution is 6.12. The molecule has 17 rings (SSSR count). The molecule has 0 bridgehead atoms. The van der Waals surface area contributed by atoms with E-state index in [-0.39, 0.29) is 67.2 Å². The molecule has 1 aliphatic carbocycles. The van der Waals surface area contributed by atoms with E-state index < -0.39 is 30.1 Å². The van der Waals surface area contributed by atoms with Crippen LogP contribution < -0.4 is 9.80 Å². The summed E-state index contributed by atoms with van der Waals surface area (Å²) < 4.78 is 70.2. The van der Waals surface area contributed by atoms with E-state index in [0.717, 1.165) is 112 Å². The van der Waals surface area contributed by atoms with Crippen molar-refractivity contribution in [3.05, 3.63) is 328 Å². The molecule has 101 heavy (non-hydrogen) atoms. The van der Waals surface area contributed by atoms with Gasteiger partial charge in [-0.3, -0.25) is 0 Å². The molecule has 13 aromatic carbocycles. The first-order valence-corrected chi connectivity index (χ1v) is 35.4. The van der Waals surface area contributed by atoms with Crippen LogP contribution in [0.15, 0.2) is 273 Å². The van der Waals surface area contributed by atoms with Crippen LogP contribution in [-0.2, 0) is 28.1 Å². The molecule has 0 spiro atoms. The zero-order valence-electron chi connectivity index (χ0n) is 66.5. The number of anilines is 6. The highest BCUT2D eigenvalue weighted by Crippen LogP contribution is 2.65. The van der Waals surface area contributed by atoms with Crippen LogP contribution in [-0.4, -0.2) is 4.57 Å². The van der Waals surface area contributed by atoms with Crippen molar-refractivity contribution in [3.8, 4) is 78.5 Å². The van der Waals surface area contributed by atoms with Crippen LogP contribution in [0, 0.1) is 11.3 Å². The smallest absolute Gasteiger partial charge is 0.0991 e. The third-order valence-corrected chi connectivity index (χ3v) is 21.3. The van der Waals surface area contributed by atoms with E-state index in [2.05, 4.69) is 317 Å². The van der Waals surface area contributed by atoms with Crippen LogP contribution in [0.4, 0.5) is 34.1 Å². The number of hydrogen-bond acceptors (Lipinski definition) is 3. The van der Waals surface area contributed by atoms with Gasteiger partial charge in [-0.25, -0.2) is 0 Å². The Labute approximate surface area is 606 Å². The normalized spacial score (nSPS) is 14.9. The van der Waals surface area contributed by atoms with Gasteiger partial charge < -0.3 is 14.4 Å². The van der Waals surface area contributed by atoms with E-state index >= 15 is 0 Å². The first-order valence-electron chi connectivity index (χ1n) is 38.9. The molecule has 4 heteroatoms. The van der Waals surface area contributed by atoms with Crippen LogP contribution in [0.1, 0.15) is 154 Å². The van der Waals surface area contributed by atoms with Gasteiger partial charge in [0, 0.05) is 38.9 Å². The molecule has 0 fully saturated rings. The minimum atomic E-state index is -0.518. The molecule has 1 unspecified atom stereocenters. The third kappa shape index (κ3) is 10.6. The van der Waals surface area contributed by atoms with Crippen LogP contribution in [0.5, 0.6) is 0 Å². The molecule has 3 aliphatic rings. The Morgan fingerprint density at radius 3 is 1.52 bits per heavy atom. The number of nitrogens with zero attached hydrogens (tertiary/aromatic N) is 4. The number of aromatic nitrogens is 1. The summed E-state index contributed by atoms with van der Waals surface area (Å²) in [4.78, 5) is 4.89. The highest BCUT2D eigenvalue weighted by Gasteiger charge is 2.45. The van der Waals surface area contributed by atoms with Gasteiger partial charge in [0.1, 0.15) is 0 Å². The molecule has 492 valence electrons. The predicted molar refractivity (Wildman–Crippen MR) is 426 cm³/mol. The van der Waals surface area contributed by atoms with E-state index in [4.69, 9.17) is 0 Å². The van der Waals surface area contributed by atoms with Gasteiger partial charge in [-0.1, -0.05) is 289 Å². The first kappa shape index (κ1) is 55.6. The van der Waals surface area contributed by atoms with E-state index in [1.807, 2.05) is 12.1 Å². The summed E-state index contributed by atoms with van der Waals surface area (Å²) in [5, 5.41) is 10.8. The lowest BCUT2D eigenvalue weighted by molar-refractivity contribution is 0.568. The van der Waals surface area contributed by atoms with Crippen molar-refractivity contribution in [1.82, 2.24) is 4.57 Å². The molecule has 14 aromatic rings. The van der Waals surface area contributed by atoms with Crippen LogP contribution in [0.3, 0.4) is 0 Å². The summed E-state index contributed by atoms with van der Waals surface area (Å²) in [7, 11) is 0. The number of para-hydroxylation sites is 2. The minimum Gasteiger partial charge on any atom is -0.309 e. The second-order valence-corrected chi connectivity index (χ2v) is 31.9. The number of fused-ring (bicyclic) bond motifs is 10. The molecule has 0 amide bonds. The maximum absolute atomic E-state index is 10.8. The summed E-state index contributed by atoms with van der Waals surface area (Å²) in [6.45, 7) is 27.4. The molecule has 0 saturated heterocycles. The summed E-state index contributed by atoms with van der Waals surface area (Å²) in [6.07, 6.45) is 0.653. The lowest BCUT2D eigenvalue weighted by Crippen LogP contribution is -2.30. The highest BCUT2D eigenvalue weighted by atomic mass is 15.2. The molecular formula is C97H84N4. The fraction of sp³-hybridized carbons (Fsp3) is 0.186. The molecule has 1 atom stereocenters. The summed E-state index contributed by atoms with van der Waals surface area (Å²) in [5.41, 5.74) is 27.4. The van der Waals surface area contributed by atoms with Crippen molar-refractivity contribution >= 4 is 55.9 Å². The summed E-state index contributed by atoms with van der Waals surface area (Å²) in [6, 6.07) is 83.2. The maximum atomic E-state index is 10.8. The van der Waals surface area contributed by atoms with Crippen molar-refractivity contribution in [2.24, 2.45) is 0 Å². The SMILES string of the molecule is [2H]c1c([2H])c([2H])c2c(c1[2H])c1c([2H])c(C#N)c([2H])c([2H])c1n2-c1cc2c3c(c1)N(c1c(-c4ccccc4)cc4c(c1-c1ccccc1)Cc1ccccc1-4)c1cc(-c4cc(C(C)(C)C)cc(C(C)(C)C)c4)ccc1C3c1cc(-c3cc(C(C)(C)C)cc(C(C)(C)C)c3)ccc1N2c1ccccc1-c1ccccc1. The molecular weight excluding hydrogens is 1220 g/mol. The Morgan fingerprint density at radius 2 is 0.911 bits per heavy atom. The van der Waals surface area contributed by atoms with Gasteiger partial charge >= 0.3 is 0 Å². The maximum Gasteiger partial charge on any atom is 0.0991 e. The number of nitriles is 1. The first-order chi connectivity index (χ1) is 51.5. The largest absolute Gasteiger partial charge is 0.309 e. The van der Waals surface area contributed by atoms with E-state index in [1.165, 1.54) is 38.9 Å². The van der Waals surface area contributed by atoms with Gasteiger partial charge in [0.15, 0.2) is 0 Å². The van der Waals surface area contributed by atoms with Crippen molar-refractivity contribution < 1.29 is 9.60 Å². The number of hydrogen-bond donors (Lipinski definition) is 0. The Bertz CT molecular complexity index is 6110. The lowest BCUT2D eigenvalue weighted by atomic mass is 9.73. The fourth-order valence-electron chi connectivity index (χ4n) is 15.9. The van der Waals surface area contributed by atoms with Crippen molar-refractivity contribution in [1.29, 1.82) is 5.26 Å². The Balaban J connectivity index is 1.11. The van der Waals surface area contributed by atoms with Crippen molar-refractivity contribution in [2.45, 2.75) is 117 Å². The number of benzene rings is 13. The van der Waals surface area contributed by atoms with E-state index in [0.29, 0.717) is 12.1 Å².